The van der Waals surface area contributed by atoms with Crippen molar-refractivity contribution in [3.05, 3.63) is 23.8 Å². The summed E-state index contributed by atoms with van der Waals surface area (Å²) in [5.74, 6) is 0.625. The molecule has 0 saturated carbocycles. The summed E-state index contributed by atoms with van der Waals surface area (Å²) in [4.78, 5) is 0. The van der Waals surface area contributed by atoms with E-state index >= 15 is 0 Å². The maximum Gasteiger partial charge on any atom is 0.240 e. The minimum atomic E-state index is 0.589. The van der Waals surface area contributed by atoms with Crippen molar-refractivity contribution >= 4 is 10.9 Å². The summed E-state index contributed by atoms with van der Waals surface area (Å²) < 4.78 is 7.12. The lowest BCUT2D eigenvalue weighted by Gasteiger charge is -1.96. The number of ether oxygens (including phenoxy) is 1. The molecule has 0 saturated heterocycles. The normalized spacial score (nSPS) is 10.2. The summed E-state index contributed by atoms with van der Waals surface area (Å²) in [7, 11) is 1.84. The van der Waals surface area contributed by atoms with E-state index in [4.69, 9.17) is 10.00 Å². The van der Waals surface area contributed by atoms with E-state index in [9.17, 15) is 0 Å². The summed E-state index contributed by atoms with van der Waals surface area (Å²) in [6.07, 6.45) is 0. The maximum absolute atomic E-state index is 8.79. The van der Waals surface area contributed by atoms with Crippen molar-refractivity contribution in [1.29, 1.82) is 5.26 Å². The highest BCUT2D eigenvalue weighted by Gasteiger charge is 2.09. The second-order valence-corrected chi connectivity index (χ2v) is 3.21. The highest BCUT2D eigenvalue weighted by atomic mass is 16.5. The summed E-state index contributed by atoms with van der Waals surface area (Å²) >= 11 is 0. The van der Waals surface area contributed by atoms with E-state index in [0.29, 0.717) is 18.1 Å². The highest BCUT2D eigenvalue weighted by molar-refractivity contribution is 5.85. The Morgan fingerprint density at radius 1 is 1.53 bits per heavy atom. The Bertz CT molecular complexity index is 536. The second kappa shape index (κ2) is 3.62. The Labute approximate surface area is 87.7 Å². The molecule has 1 aromatic carbocycles. The molecule has 2 rings (SSSR count). The number of nitrogens with zero attached hydrogens (tertiary/aromatic N) is 3. The van der Waals surface area contributed by atoms with Gasteiger partial charge in [-0.25, -0.2) is 0 Å². The van der Waals surface area contributed by atoms with E-state index < -0.39 is 0 Å². The minimum Gasteiger partial charge on any atom is -0.476 e. The van der Waals surface area contributed by atoms with Gasteiger partial charge >= 0.3 is 0 Å². The van der Waals surface area contributed by atoms with Crippen molar-refractivity contribution in [2.45, 2.75) is 6.92 Å². The third-order valence-electron chi connectivity index (χ3n) is 2.23. The van der Waals surface area contributed by atoms with Gasteiger partial charge in [0.05, 0.1) is 29.1 Å². The van der Waals surface area contributed by atoms with Crippen LogP contribution in [0.3, 0.4) is 0 Å². The zero-order valence-corrected chi connectivity index (χ0v) is 8.69. The van der Waals surface area contributed by atoms with Crippen molar-refractivity contribution in [3.63, 3.8) is 0 Å². The molecule has 0 aliphatic rings. The fourth-order valence-corrected chi connectivity index (χ4v) is 1.54. The van der Waals surface area contributed by atoms with Crippen molar-refractivity contribution < 1.29 is 4.74 Å². The van der Waals surface area contributed by atoms with E-state index in [2.05, 4.69) is 11.2 Å². The Morgan fingerprint density at radius 3 is 3.00 bits per heavy atom. The molecular formula is C11H11N3O. The standard InChI is InChI=1S/C11H11N3O/c1-3-15-11-9-5-4-8(7-12)6-10(9)14(2)13-11/h4-6H,3H2,1-2H3. The zero-order valence-electron chi connectivity index (χ0n) is 8.69. The molecule has 0 radical (unpaired) electrons. The third kappa shape index (κ3) is 1.52. The predicted octanol–water partition coefficient (Wildman–Crippen LogP) is 1.84. The van der Waals surface area contributed by atoms with Crippen LogP contribution in [0.5, 0.6) is 5.88 Å². The van der Waals surface area contributed by atoms with Crippen LogP contribution in [0, 0.1) is 11.3 Å². The van der Waals surface area contributed by atoms with Gasteiger partial charge in [0, 0.05) is 7.05 Å². The molecule has 0 bridgehead atoms. The molecule has 2 aromatic rings. The van der Waals surface area contributed by atoms with E-state index in [-0.39, 0.29) is 0 Å². The summed E-state index contributed by atoms with van der Waals surface area (Å²) in [5.41, 5.74) is 1.55. The Kier molecular flexibility index (Phi) is 2.30. The van der Waals surface area contributed by atoms with E-state index in [1.807, 2.05) is 26.1 Å². The van der Waals surface area contributed by atoms with Gasteiger partial charge in [0.1, 0.15) is 0 Å². The average molecular weight is 201 g/mol. The zero-order chi connectivity index (χ0) is 10.8. The van der Waals surface area contributed by atoms with Crippen LogP contribution in [0.15, 0.2) is 18.2 Å². The highest BCUT2D eigenvalue weighted by Crippen LogP contribution is 2.24. The lowest BCUT2D eigenvalue weighted by Crippen LogP contribution is -1.94. The maximum atomic E-state index is 8.79. The quantitative estimate of drug-likeness (QED) is 0.745. The largest absolute Gasteiger partial charge is 0.476 e. The summed E-state index contributed by atoms with van der Waals surface area (Å²) in [5, 5.41) is 14.0. The number of hydrogen-bond donors (Lipinski definition) is 0. The van der Waals surface area contributed by atoms with Gasteiger partial charge in [-0.2, -0.15) is 5.26 Å². The minimum absolute atomic E-state index is 0.589. The molecule has 1 aromatic heterocycles. The van der Waals surface area contributed by atoms with Crippen molar-refractivity contribution in [2.75, 3.05) is 6.61 Å². The van der Waals surface area contributed by atoms with Gasteiger partial charge < -0.3 is 4.74 Å². The van der Waals surface area contributed by atoms with Gasteiger partial charge in [-0.1, -0.05) is 0 Å². The Morgan fingerprint density at radius 2 is 2.33 bits per heavy atom. The monoisotopic (exact) mass is 201 g/mol. The number of aryl methyl sites for hydroxylation is 1. The molecule has 1 heterocycles. The molecule has 0 aliphatic carbocycles. The predicted molar refractivity (Wildman–Crippen MR) is 56.6 cm³/mol. The Hall–Kier alpha value is -2.02. The van der Waals surface area contributed by atoms with Gasteiger partial charge in [-0.3, -0.25) is 4.68 Å². The number of aromatic nitrogens is 2. The number of rotatable bonds is 2. The van der Waals surface area contributed by atoms with Crippen LogP contribution < -0.4 is 4.74 Å². The summed E-state index contributed by atoms with van der Waals surface area (Å²) in [6.45, 7) is 2.51. The van der Waals surface area contributed by atoms with Gasteiger partial charge in [0.25, 0.3) is 0 Å². The molecule has 0 amide bonds. The smallest absolute Gasteiger partial charge is 0.240 e. The second-order valence-electron chi connectivity index (χ2n) is 3.21. The molecule has 0 N–H and O–H groups in total. The number of hydrogen-bond acceptors (Lipinski definition) is 3. The topological polar surface area (TPSA) is 50.8 Å². The fourth-order valence-electron chi connectivity index (χ4n) is 1.54. The van der Waals surface area contributed by atoms with Crippen LogP contribution in [0.4, 0.5) is 0 Å². The Balaban J connectivity index is 2.65. The lowest BCUT2D eigenvalue weighted by atomic mass is 10.2. The van der Waals surface area contributed by atoms with Gasteiger partial charge in [-0.15, -0.1) is 5.10 Å². The molecule has 0 atom stereocenters. The molecule has 0 aliphatic heterocycles. The van der Waals surface area contributed by atoms with Crippen LogP contribution in [0.2, 0.25) is 0 Å². The van der Waals surface area contributed by atoms with E-state index in [0.717, 1.165) is 10.9 Å². The van der Waals surface area contributed by atoms with Crippen LogP contribution >= 0.6 is 0 Å². The van der Waals surface area contributed by atoms with E-state index in [1.165, 1.54) is 0 Å². The number of nitriles is 1. The van der Waals surface area contributed by atoms with Crippen molar-refractivity contribution in [1.82, 2.24) is 9.78 Å². The van der Waals surface area contributed by atoms with Crippen molar-refractivity contribution in [3.8, 4) is 11.9 Å². The van der Waals surface area contributed by atoms with Gasteiger partial charge in [-0.05, 0) is 25.1 Å². The molecule has 15 heavy (non-hydrogen) atoms. The third-order valence-corrected chi connectivity index (χ3v) is 2.23. The average Bonchev–Trinajstić information content (AvgIpc) is 2.56. The number of fused-ring (bicyclic) bond motifs is 1. The molecule has 0 fully saturated rings. The molecule has 76 valence electrons. The van der Waals surface area contributed by atoms with Crippen LogP contribution in [-0.2, 0) is 7.05 Å². The first-order chi connectivity index (χ1) is 7.26. The first kappa shape index (κ1) is 9.53. The molecule has 0 unspecified atom stereocenters. The van der Waals surface area contributed by atoms with Gasteiger partial charge in [0.2, 0.25) is 5.88 Å². The first-order valence-corrected chi connectivity index (χ1v) is 4.76. The van der Waals surface area contributed by atoms with Crippen molar-refractivity contribution in [2.24, 2.45) is 7.05 Å². The molecule has 0 spiro atoms. The SMILES string of the molecule is CCOc1nn(C)c2cc(C#N)ccc12. The van der Waals surface area contributed by atoms with Crippen LogP contribution in [-0.4, -0.2) is 16.4 Å². The van der Waals surface area contributed by atoms with Crippen LogP contribution in [0.25, 0.3) is 10.9 Å². The molecular weight excluding hydrogens is 190 g/mol. The molecule has 4 heteroatoms. The van der Waals surface area contributed by atoms with E-state index in [1.54, 1.807) is 10.7 Å². The number of benzene rings is 1. The molecule has 4 nitrogen and oxygen atoms in total. The fraction of sp³-hybridized carbons (Fsp3) is 0.273. The lowest BCUT2D eigenvalue weighted by molar-refractivity contribution is 0.326. The van der Waals surface area contributed by atoms with Crippen LogP contribution in [0.1, 0.15) is 12.5 Å². The first-order valence-electron chi connectivity index (χ1n) is 4.76. The summed E-state index contributed by atoms with van der Waals surface area (Å²) in [6, 6.07) is 7.55. The van der Waals surface area contributed by atoms with Gasteiger partial charge in [0.15, 0.2) is 0 Å².